The van der Waals surface area contributed by atoms with E-state index < -0.39 is 5.41 Å². The highest BCUT2D eigenvalue weighted by molar-refractivity contribution is 5.45. The molecule has 0 aromatic heterocycles. The minimum atomic E-state index is -0.546. The molecule has 110 valence electrons. The Bertz CT molecular complexity index is 656. The molecule has 0 spiro atoms. The summed E-state index contributed by atoms with van der Waals surface area (Å²) in [4.78, 5) is 0. The van der Waals surface area contributed by atoms with Crippen LogP contribution in [0.2, 0.25) is 0 Å². The average Bonchev–Trinajstić information content (AvgIpc) is 2.94. The van der Waals surface area contributed by atoms with Crippen LogP contribution in [0.3, 0.4) is 0 Å². The molecule has 1 atom stereocenters. The van der Waals surface area contributed by atoms with Crippen LogP contribution in [0.15, 0.2) is 42.5 Å². The fourth-order valence-corrected chi connectivity index (χ4v) is 2.61. The van der Waals surface area contributed by atoms with Gasteiger partial charge in [0.1, 0.15) is 5.82 Å². The third kappa shape index (κ3) is 2.72. The minimum Gasteiger partial charge on any atom is -0.454 e. The molecule has 0 saturated heterocycles. The first kappa shape index (κ1) is 13.9. The number of fused-ring (bicyclic) bond motifs is 1. The number of hydrogen-bond donors (Lipinski definition) is 1. The summed E-state index contributed by atoms with van der Waals surface area (Å²) in [5, 5.41) is 9.81. The Morgan fingerprint density at radius 2 is 1.95 bits per heavy atom. The molecule has 0 amide bonds. The largest absolute Gasteiger partial charge is 0.454 e. The molecular formula is C17H17FO3. The maximum Gasteiger partial charge on any atom is 0.231 e. The summed E-state index contributed by atoms with van der Waals surface area (Å²) in [5.41, 5.74) is 1.25. The monoisotopic (exact) mass is 288 g/mol. The zero-order valence-corrected chi connectivity index (χ0v) is 11.8. The Balaban J connectivity index is 1.90. The first-order valence-electron chi connectivity index (χ1n) is 6.86. The van der Waals surface area contributed by atoms with E-state index in [1.807, 2.05) is 31.2 Å². The van der Waals surface area contributed by atoms with Gasteiger partial charge in [0.2, 0.25) is 6.79 Å². The van der Waals surface area contributed by atoms with Crippen molar-refractivity contribution in [1.29, 1.82) is 0 Å². The zero-order valence-electron chi connectivity index (χ0n) is 11.8. The van der Waals surface area contributed by atoms with Crippen molar-refractivity contribution < 1.29 is 19.0 Å². The first-order valence-corrected chi connectivity index (χ1v) is 6.86. The molecule has 2 aromatic rings. The van der Waals surface area contributed by atoms with E-state index in [1.165, 1.54) is 12.1 Å². The van der Waals surface area contributed by atoms with Gasteiger partial charge in [-0.05, 0) is 41.8 Å². The summed E-state index contributed by atoms with van der Waals surface area (Å²) in [7, 11) is 0. The lowest BCUT2D eigenvalue weighted by Gasteiger charge is -2.28. The van der Waals surface area contributed by atoms with Gasteiger partial charge in [0.05, 0.1) is 6.61 Å². The van der Waals surface area contributed by atoms with Crippen LogP contribution in [0.25, 0.3) is 0 Å². The van der Waals surface area contributed by atoms with Crippen molar-refractivity contribution in [3.8, 4) is 11.5 Å². The van der Waals surface area contributed by atoms with Crippen LogP contribution in [-0.2, 0) is 11.8 Å². The number of ether oxygens (including phenoxy) is 2. The standard InChI is InChI=1S/C17H17FO3/c1-17(10-19,13-3-2-4-14(18)8-13)9-12-5-6-15-16(7-12)21-11-20-15/h2-8,19H,9-11H2,1H3. The van der Waals surface area contributed by atoms with Gasteiger partial charge in [0.25, 0.3) is 0 Å². The lowest BCUT2D eigenvalue weighted by Crippen LogP contribution is -2.29. The zero-order chi connectivity index (χ0) is 14.9. The number of rotatable bonds is 4. The number of hydrogen-bond acceptors (Lipinski definition) is 3. The molecule has 3 nitrogen and oxygen atoms in total. The maximum absolute atomic E-state index is 13.4. The van der Waals surface area contributed by atoms with Gasteiger partial charge in [-0.15, -0.1) is 0 Å². The molecule has 1 N–H and O–H groups in total. The minimum absolute atomic E-state index is 0.0646. The van der Waals surface area contributed by atoms with Crippen LogP contribution in [0.4, 0.5) is 4.39 Å². The third-order valence-electron chi connectivity index (χ3n) is 3.90. The Morgan fingerprint density at radius 3 is 2.71 bits per heavy atom. The smallest absolute Gasteiger partial charge is 0.231 e. The van der Waals surface area contributed by atoms with Crippen LogP contribution in [0.1, 0.15) is 18.1 Å². The van der Waals surface area contributed by atoms with Crippen molar-refractivity contribution in [3.63, 3.8) is 0 Å². The van der Waals surface area contributed by atoms with Crippen LogP contribution < -0.4 is 9.47 Å². The summed E-state index contributed by atoms with van der Waals surface area (Å²) in [5.74, 6) is 1.15. The molecule has 0 radical (unpaired) electrons. The molecule has 3 rings (SSSR count). The van der Waals surface area contributed by atoms with Crippen LogP contribution in [0.5, 0.6) is 11.5 Å². The van der Waals surface area contributed by atoms with E-state index in [0.29, 0.717) is 12.2 Å². The number of halogens is 1. The van der Waals surface area contributed by atoms with E-state index in [4.69, 9.17) is 9.47 Å². The second kappa shape index (κ2) is 5.37. The SMILES string of the molecule is CC(CO)(Cc1ccc2c(c1)OCO2)c1cccc(F)c1. The molecule has 4 heteroatoms. The summed E-state index contributed by atoms with van der Waals surface area (Å²) >= 11 is 0. The lowest BCUT2D eigenvalue weighted by molar-refractivity contribution is 0.174. The topological polar surface area (TPSA) is 38.7 Å². The van der Waals surface area contributed by atoms with Crippen LogP contribution in [0, 0.1) is 5.82 Å². The Hall–Kier alpha value is -2.07. The molecular weight excluding hydrogens is 271 g/mol. The van der Waals surface area contributed by atoms with Gasteiger partial charge >= 0.3 is 0 Å². The normalized spacial score (nSPS) is 15.8. The predicted molar refractivity (Wildman–Crippen MR) is 77.1 cm³/mol. The molecule has 1 unspecified atom stereocenters. The van der Waals surface area contributed by atoms with Gasteiger partial charge in [-0.25, -0.2) is 4.39 Å². The van der Waals surface area contributed by atoms with Gasteiger partial charge in [-0.3, -0.25) is 0 Å². The number of aliphatic hydroxyl groups excluding tert-OH is 1. The molecule has 21 heavy (non-hydrogen) atoms. The average molecular weight is 288 g/mol. The molecule has 1 heterocycles. The van der Waals surface area contributed by atoms with E-state index in [9.17, 15) is 9.50 Å². The summed E-state index contributed by atoms with van der Waals surface area (Å²) < 4.78 is 24.1. The van der Waals surface area contributed by atoms with Crippen molar-refractivity contribution in [2.24, 2.45) is 0 Å². The maximum atomic E-state index is 13.4. The second-order valence-electron chi connectivity index (χ2n) is 5.59. The van der Waals surface area contributed by atoms with E-state index >= 15 is 0 Å². The number of benzene rings is 2. The predicted octanol–water partition coefficient (Wildman–Crippen LogP) is 3.05. The highest BCUT2D eigenvalue weighted by Gasteiger charge is 2.27. The van der Waals surface area contributed by atoms with Crippen LogP contribution in [-0.4, -0.2) is 18.5 Å². The van der Waals surface area contributed by atoms with E-state index in [-0.39, 0.29) is 19.2 Å². The van der Waals surface area contributed by atoms with Gasteiger partial charge in [0.15, 0.2) is 11.5 Å². The highest BCUT2D eigenvalue weighted by Crippen LogP contribution is 2.35. The summed E-state index contributed by atoms with van der Waals surface area (Å²) in [6.45, 7) is 2.09. The molecule has 1 aliphatic heterocycles. The summed E-state index contributed by atoms with van der Waals surface area (Å²) in [6.07, 6.45) is 0.587. The fraction of sp³-hybridized carbons (Fsp3) is 0.294. The highest BCUT2D eigenvalue weighted by atomic mass is 19.1. The van der Waals surface area contributed by atoms with Crippen molar-refractivity contribution in [1.82, 2.24) is 0 Å². The first-order chi connectivity index (χ1) is 10.1. The van der Waals surface area contributed by atoms with Gasteiger partial charge in [0, 0.05) is 5.41 Å². The van der Waals surface area contributed by atoms with Gasteiger partial charge in [-0.1, -0.05) is 25.1 Å². The van der Waals surface area contributed by atoms with Gasteiger partial charge < -0.3 is 14.6 Å². The van der Waals surface area contributed by atoms with E-state index in [2.05, 4.69) is 0 Å². The van der Waals surface area contributed by atoms with Crippen molar-refractivity contribution in [2.75, 3.05) is 13.4 Å². The van der Waals surface area contributed by atoms with E-state index in [1.54, 1.807) is 6.07 Å². The molecule has 2 aromatic carbocycles. The third-order valence-corrected chi connectivity index (χ3v) is 3.90. The number of aliphatic hydroxyl groups is 1. The molecule has 1 aliphatic rings. The lowest BCUT2D eigenvalue weighted by atomic mass is 9.78. The van der Waals surface area contributed by atoms with E-state index in [0.717, 1.165) is 16.9 Å². The quantitative estimate of drug-likeness (QED) is 0.939. The molecule has 0 bridgehead atoms. The Morgan fingerprint density at radius 1 is 1.14 bits per heavy atom. The summed E-state index contributed by atoms with van der Waals surface area (Å²) in [6, 6.07) is 12.1. The van der Waals surface area contributed by atoms with Crippen LogP contribution >= 0.6 is 0 Å². The fourth-order valence-electron chi connectivity index (χ4n) is 2.61. The van der Waals surface area contributed by atoms with Crippen molar-refractivity contribution in [2.45, 2.75) is 18.8 Å². The second-order valence-corrected chi connectivity index (χ2v) is 5.59. The molecule has 0 saturated carbocycles. The van der Waals surface area contributed by atoms with Crippen molar-refractivity contribution >= 4 is 0 Å². The Kier molecular flexibility index (Phi) is 3.55. The Labute approximate surface area is 122 Å². The molecule has 0 fully saturated rings. The molecule has 0 aliphatic carbocycles. The van der Waals surface area contributed by atoms with Crippen molar-refractivity contribution in [3.05, 3.63) is 59.4 Å². The van der Waals surface area contributed by atoms with Gasteiger partial charge in [-0.2, -0.15) is 0 Å².